The van der Waals surface area contributed by atoms with E-state index in [9.17, 15) is 9.59 Å². The minimum Gasteiger partial charge on any atom is -0.360 e. The Morgan fingerprint density at radius 1 is 1.17 bits per heavy atom. The molecule has 3 aromatic heterocycles. The predicted octanol–water partition coefficient (Wildman–Crippen LogP) is 4.25. The van der Waals surface area contributed by atoms with Crippen molar-refractivity contribution in [1.82, 2.24) is 40.3 Å². The van der Waals surface area contributed by atoms with Gasteiger partial charge in [-0.1, -0.05) is 19.6 Å². The average Bonchev–Trinajstić information content (AvgIpc) is 3.42. The number of amides is 2. The summed E-state index contributed by atoms with van der Waals surface area (Å²) in [6, 6.07) is 3.07. The number of rotatable bonds is 14. The fourth-order valence-electron chi connectivity index (χ4n) is 4.04. The molecule has 0 fully saturated rings. The topological polar surface area (TPSA) is 142 Å². The maximum Gasteiger partial charge on any atom is 0.291 e. The number of nitrogens with zero attached hydrogens (tertiary/aromatic N) is 7. The van der Waals surface area contributed by atoms with Crippen LogP contribution in [0.1, 0.15) is 41.3 Å². The quantitative estimate of drug-likeness (QED) is 0.117. The molecule has 0 saturated heterocycles. The Kier molecular flexibility index (Phi) is 11.4. The van der Waals surface area contributed by atoms with Crippen LogP contribution >= 0.6 is 23.2 Å². The van der Waals surface area contributed by atoms with Crippen LogP contribution in [0.4, 0.5) is 10.2 Å². The predicted molar refractivity (Wildman–Crippen MR) is 157 cm³/mol. The number of hydrogen-bond donors (Lipinski definition) is 2. The highest BCUT2D eigenvalue weighted by atomic mass is 35.5. The molecule has 3 rings (SSSR count). The van der Waals surface area contributed by atoms with E-state index in [1.807, 2.05) is 6.92 Å². The lowest BCUT2D eigenvalue weighted by molar-refractivity contribution is -0.118. The van der Waals surface area contributed by atoms with Crippen LogP contribution in [-0.2, 0) is 23.3 Å². The second-order valence-corrected chi connectivity index (χ2v) is 17.8. The van der Waals surface area contributed by atoms with Gasteiger partial charge in [0.25, 0.3) is 5.91 Å². The monoisotopic (exact) mass is 627 g/mol. The molecule has 2 amide bonds. The standard InChI is InChI=1S/C25H36Cl2FN9O3Si/c1-15-21(16(2)37(33-15)14-40-12-13-41(4,5)6)17-10-11-20(30-22(17)28)31-24(38)18(8-7-9-19(26)27)29-25(39)23-32-34-35-36(23)3/h10-11,18-19H,7-9,12-14H2,1-6H3,(H,29,39)(H,30,31,38)/t18-/m0/s1. The number of anilines is 1. The Balaban J connectivity index is 1.73. The summed E-state index contributed by atoms with van der Waals surface area (Å²) in [5.74, 6) is -2.10. The van der Waals surface area contributed by atoms with Gasteiger partial charge in [0.05, 0.1) is 5.69 Å². The summed E-state index contributed by atoms with van der Waals surface area (Å²) < 4.78 is 24.0. The number of ether oxygens (including phenoxy) is 1. The van der Waals surface area contributed by atoms with Crippen LogP contribution in [-0.4, -0.2) is 72.3 Å². The highest BCUT2D eigenvalue weighted by Crippen LogP contribution is 2.29. The Labute approximate surface area is 249 Å². The van der Waals surface area contributed by atoms with E-state index >= 15 is 4.39 Å². The Bertz CT molecular complexity index is 1360. The fraction of sp³-hybridized carbons (Fsp3) is 0.560. The van der Waals surface area contributed by atoms with E-state index in [2.05, 4.69) is 55.9 Å². The molecule has 0 bridgehead atoms. The molecule has 0 radical (unpaired) electrons. The number of tetrazole rings is 1. The molecular formula is C25H36Cl2FN9O3Si. The molecule has 2 N–H and O–H groups in total. The summed E-state index contributed by atoms with van der Waals surface area (Å²) >= 11 is 11.6. The van der Waals surface area contributed by atoms with Crippen molar-refractivity contribution in [3.8, 4) is 11.1 Å². The molecule has 0 aliphatic heterocycles. The Morgan fingerprint density at radius 3 is 2.51 bits per heavy atom. The number of pyridine rings is 1. The molecule has 0 unspecified atom stereocenters. The molecule has 12 nitrogen and oxygen atoms in total. The van der Waals surface area contributed by atoms with Crippen molar-refractivity contribution in [2.75, 3.05) is 11.9 Å². The molecule has 0 spiro atoms. The van der Waals surface area contributed by atoms with Crippen molar-refractivity contribution < 1.29 is 18.7 Å². The number of hydrogen-bond acceptors (Lipinski definition) is 8. The first-order valence-electron chi connectivity index (χ1n) is 13.2. The highest BCUT2D eigenvalue weighted by Gasteiger charge is 2.25. The summed E-state index contributed by atoms with van der Waals surface area (Å²) in [6.07, 6.45) is 1.07. The van der Waals surface area contributed by atoms with E-state index in [4.69, 9.17) is 27.9 Å². The zero-order chi connectivity index (χ0) is 30.3. The zero-order valence-corrected chi connectivity index (χ0v) is 26.6. The molecule has 0 aromatic carbocycles. The van der Waals surface area contributed by atoms with E-state index in [0.29, 0.717) is 30.7 Å². The second kappa shape index (κ2) is 14.3. The van der Waals surface area contributed by atoms with Crippen LogP contribution in [0.15, 0.2) is 12.1 Å². The van der Waals surface area contributed by atoms with Gasteiger partial charge in [-0.25, -0.2) is 14.3 Å². The minimum absolute atomic E-state index is 0.0132. The van der Waals surface area contributed by atoms with Crippen molar-refractivity contribution >= 4 is 48.9 Å². The smallest absolute Gasteiger partial charge is 0.291 e. The first-order chi connectivity index (χ1) is 19.3. The first kappa shape index (κ1) is 32.6. The van der Waals surface area contributed by atoms with Crippen LogP contribution in [0.25, 0.3) is 11.1 Å². The van der Waals surface area contributed by atoms with Gasteiger partial charge in [0.15, 0.2) is 0 Å². The Hall–Kier alpha value is -2.94. The number of aryl methyl sites for hydroxylation is 2. The van der Waals surface area contributed by atoms with Gasteiger partial charge in [-0.15, -0.1) is 28.3 Å². The summed E-state index contributed by atoms with van der Waals surface area (Å²) in [4.78, 5) is 29.1. The summed E-state index contributed by atoms with van der Waals surface area (Å²) in [5, 5.41) is 20.4. The van der Waals surface area contributed by atoms with Gasteiger partial charge in [-0.2, -0.15) is 9.49 Å². The van der Waals surface area contributed by atoms with Crippen molar-refractivity contribution in [2.45, 2.75) is 76.4 Å². The molecule has 0 aliphatic rings. The Morgan fingerprint density at radius 2 is 1.90 bits per heavy atom. The normalized spacial score (nSPS) is 12.5. The van der Waals surface area contributed by atoms with Gasteiger partial charge in [0, 0.05) is 38.5 Å². The largest absolute Gasteiger partial charge is 0.360 e. The van der Waals surface area contributed by atoms with E-state index in [0.717, 1.165) is 11.7 Å². The minimum atomic E-state index is -1.22. The van der Waals surface area contributed by atoms with Crippen molar-refractivity contribution in [1.29, 1.82) is 0 Å². The SMILES string of the molecule is Cc1nn(COCC[Si](C)(C)C)c(C)c1-c1ccc(NC(=O)[C@H](CCCC(Cl)Cl)NC(=O)c2nnnn2C)nc1F. The van der Waals surface area contributed by atoms with Crippen LogP contribution < -0.4 is 10.6 Å². The third kappa shape index (κ3) is 9.28. The van der Waals surface area contributed by atoms with Crippen LogP contribution in [0.3, 0.4) is 0 Å². The van der Waals surface area contributed by atoms with E-state index in [-0.39, 0.29) is 30.4 Å². The highest BCUT2D eigenvalue weighted by molar-refractivity contribution is 6.76. The van der Waals surface area contributed by atoms with Gasteiger partial charge in [0.1, 0.15) is 23.4 Å². The van der Waals surface area contributed by atoms with Crippen molar-refractivity contribution in [2.24, 2.45) is 7.05 Å². The molecule has 16 heteroatoms. The molecule has 0 saturated carbocycles. The molecule has 3 heterocycles. The third-order valence-electron chi connectivity index (χ3n) is 6.32. The van der Waals surface area contributed by atoms with Crippen LogP contribution in [0, 0.1) is 19.8 Å². The van der Waals surface area contributed by atoms with Crippen LogP contribution in [0.2, 0.25) is 25.7 Å². The lowest BCUT2D eigenvalue weighted by atomic mass is 10.1. The lowest BCUT2D eigenvalue weighted by Gasteiger charge is -2.18. The summed E-state index contributed by atoms with van der Waals surface area (Å²) in [6.45, 7) is 11.4. The van der Waals surface area contributed by atoms with Crippen molar-refractivity contribution in [3.05, 3.63) is 35.3 Å². The van der Waals surface area contributed by atoms with E-state index < -0.39 is 36.7 Å². The maximum atomic E-state index is 15.3. The average molecular weight is 629 g/mol. The molecule has 1 atom stereocenters. The lowest BCUT2D eigenvalue weighted by Crippen LogP contribution is -2.44. The first-order valence-corrected chi connectivity index (χ1v) is 17.8. The van der Waals surface area contributed by atoms with Crippen LogP contribution in [0.5, 0.6) is 0 Å². The van der Waals surface area contributed by atoms with Gasteiger partial charge in [0.2, 0.25) is 17.7 Å². The molecule has 0 aliphatic carbocycles. The molecular weight excluding hydrogens is 592 g/mol. The van der Waals surface area contributed by atoms with Gasteiger partial charge in [-0.05, 0) is 61.7 Å². The van der Waals surface area contributed by atoms with Gasteiger partial charge in [-0.3, -0.25) is 9.59 Å². The van der Waals surface area contributed by atoms with Crippen molar-refractivity contribution in [3.63, 3.8) is 0 Å². The number of carbonyl (C=O) groups excluding carboxylic acids is 2. The number of alkyl halides is 2. The fourth-order valence-corrected chi connectivity index (χ4v) is 5.10. The zero-order valence-electron chi connectivity index (χ0n) is 24.0. The summed E-state index contributed by atoms with van der Waals surface area (Å²) in [7, 11) is 0.282. The number of aromatic nitrogens is 7. The number of carbonyl (C=O) groups is 2. The van der Waals surface area contributed by atoms with E-state index in [1.54, 1.807) is 11.6 Å². The third-order valence-corrected chi connectivity index (χ3v) is 8.46. The molecule has 41 heavy (non-hydrogen) atoms. The van der Waals surface area contributed by atoms with Gasteiger partial charge < -0.3 is 15.4 Å². The maximum absolute atomic E-state index is 15.3. The second-order valence-electron chi connectivity index (χ2n) is 10.9. The molecule has 224 valence electrons. The number of halogens is 3. The summed E-state index contributed by atoms with van der Waals surface area (Å²) in [5.41, 5.74) is 2.24. The molecule has 3 aromatic rings. The number of nitrogens with one attached hydrogen (secondary N) is 2. The van der Waals surface area contributed by atoms with E-state index in [1.165, 1.54) is 23.9 Å². The van der Waals surface area contributed by atoms with Gasteiger partial charge >= 0.3 is 0 Å².